The van der Waals surface area contributed by atoms with Gasteiger partial charge in [0.2, 0.25) is 0 Å². The number of nitrogens with zero attached hydrogens (tertiary/aromatic N) is 2. The second-order valence-electron chi connectivity index (χ2n) is 7.32. The number of carbonyl (C=O) groups is 2. The fraction of sp³-hybridized carbons (Fsp3) is 0.208. The summed E-state index contributed by atoms with van der Waals surface area (Å²) in [7, 11) is 0. The van der Waals surface area contributed by atoms with Gasteiger partial charge in [-0.2, -0.15) is 0 Å². The Kier molecular flexibility index (Phi) is 6.04. The first-order valence-electron chi connectivity index (χ1n) is 10.1. The summed E-state index contributed by atoms with van der Waals surface area (Å²) in [5.74, 6) is -1.10. The molecule has 1 amide bonds. The number of aliphatic hydroxyl groups excluding tert-OH is 1. The molecule has 1 fully saturated rings. The molecule has 3 aromatic rings. The van der Waals surface area contributed by atoms with Crippen LogP contribution < -0.4 is 9.64 Å². The van der Waals surface area contributed by atoms with Crippen molar-refractivity contribution in [3.8, 4) is 5.75 Å². The van der Waals surface area contributed by atoms with Crippen LogP contribution in [0, 0.1) is 13.8 Å². The predicted molar refractivity (Wildman–Crippen MR) is 125 cm³/mol. The SMILES string of the molecule is CCOc1ccc(C(O)=C2C(=O)C(=O)N(c3nc(C)c(C)s3)[C@H]2c2ccc(Cl)cc2)cc1. The van der Waals surface area contributed by atoms with E-state index in [0.717, 1.165) is 10.6 Å². The fourth-order valence-electron chi connectivity index (χ4n) is 3.58. The molecule has 0 bridgehead atoms. The molecule has 1 saturated heterocycles. The van der Waals surface area contributed by atoms with Crippen molar-refractivity contribution in [1.29, 1.82) is 0 Å². The number of aromatic nitrogens is 1. The van der Waals surface area contributed by atoms with Crippen LogP contribution in [0.2, 0.25) is 5.02 Å². The number of anilines is 1. The Morgan fingerprint density at radius 1 is 1.12 bits per heavy atom. The molecule has 2 heterocycles. The van der Waals surface area contributed by atoms with E-state index in [4.69, 9.17) is 16.3 Å². The van der Waals surface area contributed by atoms with Crippen molar-refractivity contribution in [2.24, 2.45) is 0 Å². The zero-order chi connectivity index (χ0) is 23.0. The minimum absolute atomic E-state index is 0.00647. The first-order valence-corrected chi connectivity index (χ1v) is 11.2. The molecule has 8 heteroatoms. The van der Waals surface area contributed by atoms with Crippen molar-refractivity contribution in [3.63, 3.8) is 0 Å². The van der Waals surface area contributed by atoms with Gasteiger partial charge in [-0.3, -0.25) is 14.5 Å². The van der Waals surface area contributed by atoms with Gasteiger partial charge in [0.15, 0.2) is 5.13 Å². The molecule has 2 aromatic carbocycles. The Balaban J connectivity index is 1.89. The van der Waals surface area contributed by atoms with Crippen LogP contribution in [0.4, 0.5) is 5.13 Å². The Labute approximate surface area is 194 Å². The van der Waals surface area contributed by atoms with Gasteiger partial charge in [-0.1, -0.05) is 23.7 Å². The van der Waals surface area contributed by atoms with E-state index in [2.05, 4.69) is 4.98 Å². The number of benzene rings is 2. The smallest absolute Gasteiger partial charge is 0.301 e. The Hall–Kier alpha value is -3.16. The van der Waals surface area contributed by atoms with Crippen LogP contribution in [0.3, 0.4) is 0 Å². The van der Waals surface area contributed by atoms with Crippen LogP contribution in [0.25, 0.3) is 5.76 Å². The molecule has 32 heavy (non-hydrogen) atoms. The van der Waals surface area contributed by atoms with E-state index in [1.165, 1.54) is 16.2 Å². The lowest BCUT2D eigenvalue weighted by Gasteiger charge is -2.23. The average molecular weight is 469 g/mol. The third kappa shape index (κ3) is 3.89. The molecular formula is C24H21ClN2O4S. The number of Topliss-reactive ketones (excluding diaryl/α,β-unsaturated/α-hetero) is 1. The van der Waals surface area contributed by atoms with Gasteiger partial charge >= 0.3 is 5.91 Å². The van der Waals surface area contributed by atoms with Crippen molar-refractivity contribution >= 4 is 45.5 Å². The lowest BCUT2D eigenvalue weighted by molar-refractivity contribution is -0.132. The number of hydrogen-bond acceptors (Lipinski definition) is 6. The minimum Gasteiger partial charge on any atom is -0.507 e. The highest BCUT2D eigenvalue weighted by Gasteiger charge is 2.48. The number of aliphatic hydroxyl groups is 1. The van der Waals surface area contributed by atoms with E-state index in [0.29, 0.717) is 33.6 Å². The van der Waals surface area contributed by atoms with Crippen LogP contribution in [0.15, 0.2) is 54.1 Å². The Morgan fingerprint density at radius 2 is 1.78 bits per heavy atom. The number of hydrogen-bond donors (Lipinski definition) is 1. The summed E-state index contributed by atoms with van der Waals surface area (Å²) < 4.78 is 5.45. The third-order valence-corrected chi connectivity index (χ3v) is 6.62. The standard InChI is InChI=1S/C24H21ClN2O4S/c1-4-31-18-11-7-16(8-12-18)21(28)19-20(15-5-9-17(25)10-6-15)27(23(30)22(19)29)24-26-13(2)14(3)32-24/h5-12,20,28H,4H2,1-3H3/t20-/m0/s1. The molecule has 1 N–H and O–H groups in total. The van der Waals surface area contributed by atoms with Crippen LogP contribution in [-0.4, -0.2) is 28.4 Å². The second-order valence-corrected chi connectivity index (χ2v) is 8.93. The number of ketones is 1. The molecule has 164 valence electrons. The zero-order valence-electron chi connectivity index (χ0n) is 17.8. The monoisotopic (exact) mass is 468 g/mol. The number of halogens is 1. The van der Waals surface area contributed by atoms with E-state index in [9.17, 15) is 14.7 Å². The largest absolute Gasteiger partial charge is 0.507 e. The maximum Gasteiger partial charge on any atom is 0.301 e. The molecule has 1 aromatic heterocycles. The highest BCUT2D eigenvalue weighted by atomic mass is 35.5. The van der Waals surface area contributed by atoms with Gasteiger partial charge in [-0.15, -0.1) is 11.3 Å². The Bertz CT molecular complexity index is 1200. The summed E-state index contributed by atoms with van der Waals surface area (Å²) in [4.78, 5) is 33.0. The van der Waals surface area contributed by atoms with E-state index in [-0.39, 0.29) is 11.3 Å². The molecular weight excluding hydrogens is 448 g/mol. The molecule has 1 aliphatic rings. The van der Waals surface area contributed by atoms with Crippen molar-refractivity contribution in [2.45, 2.75) is 26.8 Å². The van der Waals surface area contributed by atoms with Crippen LogP contribution >= 0.6 is 22.9 Å². The normalized spacial score (nSPS) is 17.8. The maximum absolute atomic E-state index is 13.1. The maximum atomic E-state index is 13.1. The third-order valence-electron chi connectivity index (χ3n) is 5.29. The van der Waals surface area contributed by atoms with Crippen LogP contribution in [0.5, 0.6) is 5.75 Å². The summed E-state index contributed by atoms with van der Waals surface area (Å²) in [6.45, 7) is 6.15. The van der Waals surface area contributed by atoms with E-state index >= 15 is 0 Å². The number of carbonyl (C=O) groups excluding carboxylic acids is 2. The van der Waals surface area contributed by atoms with E-state index in [1.807, 2.05) is 20.8 Å². The summed E-state index contributed by atoms with van der Waals surface area (Å²) >= 11 is 7.39. The summed E-state index contributed by atoms with van der Waals surface area (Å²) in [6, 6.07) is 12.8. The first-order chi connectivity index (χ1) is 15.3. The van der Waals surface area contributed by atoms with Crippen molar-refractivity contribution in [2.75, 3.05) is 11.5 Å². The zero-order valence-corrected chi connectivity index (χ0v) is 19.3. The van der Waals surface area contributed by atoms with Gasteiger partial charge in [-0.05, 0) is 62.7 Å². The van der Waals surface area contributed by atoms with Gasteiger partial charge in [0.05, 0.1) is 23.9 Å². The number of rotatable bonds is 5. The van der Waals surface area contributed by atoms with Crippen LogP contribution in [-0.2, 0) is 9.59 Å². The fourth-order valence-corrected chi connectivity index (χ4v) is 4.64. The van der Waals surface area contributed by atoms with Gasteiger partial charge in [0, 0.05) is 15.5 Å². The molecule has 6 nitrogen and oxygen atoms in total. The second kappa shape index (κ2) is 8.76. The van der Waals surface area contributed by atoms with Crippen LogP contribution in [0.1, 0.15) is 34.7 Å². The van der Waals surface area contributed by atoms with Gasteiger partial charge < -0.3 is 9.84 Å². The topological polar surface area (TPSA) is 79.7 Å². The summed E-state index contributed by atoms with van der Waals surface area (Å²) in [5, 5.41) is 12.1. The highest BCUT2D eigenvalue weighted by Crippen LogP contribution is 2.44. The van der Waals surface area contributed by atoms with Crippen molar-refractivity contribution in [3.05, 3.63) is 80.8 Å². The van der Waals surface area contributed by atoms with E-state index in [1.54, 1.807) is 48.5 Å². The lowest BCUT2D eigenvalue weighted by Crippen LogP contribution is -2.29. The molecule has 4 rings (SSSR count). The lowest BCUT2D eigenvalue weighted by atomic mass is 9.95. The Morgan fingerprint density at radius 3 is 2.34 bits per heavy atom. The number of amides is 1. The highest BCUT2D eigenvalue weighted by molar-refractivity contribution is 7.16. The van der Waals surface area contributed by atoms with Gasteiger partial charge in [0.25, 0.3) is 5.78 Å². The summed E-state index contributed by atoms with van der Waals surface area (Å²) in [6.07, 6.45) is 0. The molecule has 0 unspecified atom stereocenters. The molecule has 0 spiro atoms. The minimum atomic E-state index is -0.830. The number of thiazole rings is 1. The first kappa shape index (κ1) is 22.0. The average Bonchev–Trinajstić information content (AvgIpc) is 3.24. The predicted octanol–water partition coefficient (Wildman–Crippen LogP) is 5.44. The molecule has 1 atom stereocenters. The molecule has 0 aliphatic carbocycles. The number of aryl methyl sites for hydroxylation is 2. The van der Waals surface area contributed by atoms with Gasteiger partial charge in [0.1, 0.15) is 11.5 Å². The van der Waals surface area contributed by atoms with E-state index < -0.39 is 17.7 Å². The quantitative estimate of drug-likeness (QED) is 0.306. The molecule has 1 aliphatic heterocycles. The molecule has 0 radical (unpaired) electrons. The van der Waals surface area contributed by atoms with Gasteiger partial charge in [-0.25, -0.2) is 4.98 Å². The van der Waals surface area contributed by atoms with Crippen molar-refractivity contribution in [1.82, 2.24) is 4.98 Å². The number of ether oxygens (including phenoxy) is 1. The summed E-state index contributed by atoms with van der Waals surface area (Å²) in [5.41, 5.74) is 1.85. The molecule has 0 saturated carbocycles. The van der Waals surface area contributed by atoms with Crippen molar-refractivity contribution < 1.29 is 19.4 Å².